The molecule has 0 aliphatic rings. The minimum atomic E-state index is -4.99. The van der Waals surface area contributed by atoms with Gasteiger partial charge in [-0.15, -0.1) is 0 Å². The van der Waals surface area contributed by atoms with Crippen molar-refractivity contribution in [1.82, 2.24) is 0 Å². The lowest BCUT2D eigenvalue weighted by atomic mass is 10.0. The molecule has 0 radical (unpaired) electrons. The summed E-state index contributed by atoms with van der Waals surface area (Å²) in [5.41, 5.74) is -2.06. The fourth-order valence-electron chi connectivity index (χ4n) is 3.23. The molecule has 34 heavy (non-hydrogen) atoms. The van der Waals surface area contributed by atoms with Crippen molar-refractivity contribution in [3.8, 4) is 16.9 Å². The van der Waals surface area contributed by atoms with Crippen LogP contribution >= 0.6 is 11.6 Å². The molecule has 0 bridgehead atoms. The van der Waals surface area contributed by atoms with E-state index in [-0.39, 0.29) is 33.0 Å². The second kappa shape index (κ2) is 8.92. The molecule has 1 aromatic heterocycles. The number of hydrogen-bond donors (Lipinski definition) is 2. The molecule has 7 nitrogen and oxygen atoms in total. The number of carbonyl (C=O) groups excluding carboxylic acids is 1. The minimum Gasteiger partial charge on any atom is -0.595 e. The molecule has 0 saturated carbocycles. The molecule has 4 aromatic rings. The van der Waals surface area contributed by atoms with Crippen LogP contribution in [0, 0.1) is 5.21 Å². The first-order chi connectivity index (χ1) is 16.0. The number of nitrogens with one attached hydrogen (secondary N) is 1. The van der Waals surface area contributed by atoms with Crippen molar-refractivity contribution < 1.29 is 37.6 Å². The van der Waals surface area contributed by atoms with Gasteiger partial charge in [0.25, 0.3) is 0 Å². The van der Waals surface area contributed by atoms with Gasteiger partial charge in [0, 0.05) is 23.2 Å². The fourth-order valence-corrected chi connectivity index (χ4v) is 3.36. The second-order valence-corrected chi connectivity index (χ2v) is 7.51. The van der Waals surface area contributed by atoms with E-state index in [1.165, 1.54) is 60.7 Å². The molecule has 2 N–H and O–H groups in total. The number of ether oxygens (including phenoxy) is 1. The van der Waals surface area contributed by atoms with Crippen molar-refractivity contribution in [3.05, 3.63) is 98.5 Å². The van der Waals surface area contributed by atoms with Crippen LogP contribution in [0.1, 0.15) is 16.1 Å². The molecule has 0 aliphatic carbocycles. The highest BCUT2D eigenvalue weighted by molar-refractivity contribution is 6.30. The number of fused-ring (bicyclic) bond motifs is 1. The highest BCUT2D eigenvalue weighted by atomic mass is 35.5. The van der Waals surface area contributed by atoms with Crippen LogP contribution in [-0.4, -0.2) is 11.2 Å². The lowest BCUT2D eigenvalue weighted by molar-refractivity contribution is -0.991. The van der Waals surface area contributed by atoms with Crippen LogP contribution in [0.3, 0.4) is 0 Å². The summed E-state index contributed by atoms with van der Waals surface area (Å²) in [5, 5.41) is 18.8. The zero-order valence-corrected chi connectivity index (χ0v) is 17.6. The van der Waals surface area contributed by atoms with Crippen LogP contribution in [0.15, 0.2) is 75.9 Å². The molecular formula is C23H13ClF3NO6. The van der Waals surface area contributed by atoms with E-state index in [4.69, 9.17) is 26.0 Å². The summed E-state index contributed by atoms with van der Waals surface area (Å²) in [4.78, 5) is 25.3. The SMILES string of the molecule is O=C(Oc1ccc2c(=O)c(-c3ccc(Cl)cc3)c(C(F)(F)F)oc2c1)c1ccc([NH+]([O-])O)cc1. The molecular weight excluding hydrogens is 479 g/mol. The predicted molar refractivity (Wildman–Crippen MR) is 115 cm³/mol. The quantitative estimate of drug-likeness (QED) is 0.242. The summed E-state index contributed by atoms with van der Waals surface area (Å²) in [6.45, 7) is 0. The Morgan fingerprint density at radius 2 is 1.68 bits per heavy atom. The summed E-state index contributed by atoms with van der Waals surface area (Å²) in [6, 6.07) is 13.6. The molecule has 174 valence electrons. The summed E-state index contributed by atoms with van der Waals surface area (Å²) in [7, 11) is 0. The van der Waals surface area contributed by atoms with Gasteiger partial charge >= 0.3 is 12.1 Å². The zero-order chi connectivity index (χ0) is 24.6. The fraction of sp³-hybridized carbons (Fsp3) is 0.0435. The Morgan fingerprint density at radius 3 is 2.26 bits per heavy atom. The average molecular weight is 492 g/mol. The number of esters is 1. The van der Waals surface area contributed by atoms with Gasteiger partial charge in [-0.05, 0) is 42.0 Å². The van der Waals surface area contributed by atoms with Crippen molar-refractivity contribution >= 4 is 34.2 Å². The van der Waals surface area contributed by atoms with E-state index in [1.54, 1.807) is 0 Å². The smallest absolute Gasteiger partial charge is 0.450 e. The molecule has 0 saturated heterocycles. The topological polar surface area (TPSA) is 104 Å². The minimum absolute atomic E-state index is 0.0145. The maximum atomic E-state index is 13.8. The average Bonchev–Trinajstić information content (AvgIpc) is 2.79. The lowest BCUT2D eigenvalue weighted by Crippen LogP contribution is -2.99. The molecule has 3 aromatic carbocycles. The van der Waals surface area contributed by atoms with Gasteiger partial charge in [-0.3, -0.25) is 4.79 Å². The number of halogens is 4. The molecule has 1 heterocycles. The summed E-state index contributed by atoms with van der Waals surface area (Å²) in [6.07, 6.45) is -4.99. The van der Waals surface area contributed by atoms with Gasteiger partial charge in [0.15, 0.2) is 5.69 Å². The van der Waals surface area contributed by atoms with Crippen LogP contribution in [0.2, 0.25) is 5.02 Å². The standard InChI is InChI=1S/C23H13ClF3NO6/c24-14-5-1-12(2-6-14)19-20(29)17-10-9-16(11-18(17)34-21(19)23(25,26)27)33-22(30)13-3-7-15(8-4-13)28(31)32/h1-11,28,31H. The van der Waals surface area contributed by atoms with Crippen molar-refractivity contribution in [3.63, 3.8) is 0 Å². The number of quaternary nitrogens is 1. The Kier molecular flexibility index (Phi) is 6.15. The predicted octanol–water partition coefficient (Wildman–Crippen LogP) is 4.75. The molecule has 0 fully saturated rings. The Hall–Kier alpha value is -3.70. The first kappa shape index (κ1) is 23.5. The maximum absolute atomic E-state index is 13.8. The molecule has 1 atom stereocenters. The van der Waals surface area contributed by atoms with E-state index < -0.39 is 39.7 Å². The third-order valence-corrected chi connectivity index (χ3v) is 5.08. The molecule has 4 rings (SSSR count). The van der Waals surface area contributed by atoms with Gasteiger partial charge < -0.3 is 14.4 Å². The Morgan fingerprint density at radius 1 is 1.03 bits per heavy atom. The Labute approximate surface area is 193 Å². The third-order valence-electron chi connectivity index (χ3n) is 4.83. The maximum Gasteiger partial charge on any atom is 0.450 e. The van der Waals surface area contributed by atoms with E-state index in [0.29, 0.717) is 0 Å². The molecule has 1 unspecified atom stereocenters. The molecule has 0 aliphatic heterocycles. The van der Waals surface area contributed by atoms with Crippen LogP contribution in [-0.2, 0) is 6.18 Å². The highest BCUT2D eigenvalue weighted by Gasteiger charge is 2.39. The lowest BCUT2D eigenvalue weighted by Gasteiger charge is -2.13. The van der Waals surface area contributed by atoms with E-state index in [0.717, 1.165) is 6.07 Å². The van der Waals surface area contributed by atoms with E-state index in [9.17, 15) is 28.0 Å². The number of benzene rings is 3. The van der Waals surface area contributed by atoms with E-state index in [2.05, 4.69) is 0 Å². The van der Waals surface area contributed by atoms with Crippen LogP contribution in [0.5, 0.6) is 5.75 Å². The normalized spacial score (nSPS) is 12.5. The largest absolute Gasteiger partial charge is 0.595 e. The Bertz CT molecular complexity index is 1430. The van der Waals surface area contributed by atoms with Gasteiger partial charge in [-0.2, -0.15) is 18.4 Å². The number of alkyl halides is 3. The second-order valence-electron chi connectivity index (χ2n) is 7.07. The first-order valence-corrected chi connectivity index (χ1v) is 9.92. The Balaban J connectivity index is 1.75. The number of rotatable bonds is 4. The molecule has 0 spiro atoms. The van der Waals surface area contributed by atoms with Crippen LogP contribution in [0.25, 0.3) is 22.1 Å². The van der Waals surface area contributed by atoms with Crippen molar-refractivity contribution in [2.75, 3.05) is 0 Å². The van der Waals surface area contributed by atoms with Crippen molar-refractivity contribution in [1.29, 1.82) is 0 Å². The number of hydrogen-bond acceptors (Lipinski definition) is 6. The summed E-state index contributed by atoms with van der Waals surface area (Å²) in [5.74, 6) is -2.55. The summed E-state index contributed by atoms with van der Waals surface area (Å²) >= 11 is 5.80. The van der Waals surface area contributed by atoms with Gasteiger partial charge in [-0.1, -0.05) is 23.7 Å². The van der Waals surface area contributed by atoms with Crippen LogP contribution < -0.4 is 15.4 Å². The highest BCUT2D eigenvalue weighted by Crippen LogP contribution is 2.38. The first-order valence-electron chi connectivity index (χ1n) is 9.54. The van der Waals surface area contributed by atoms with E-state index >= 15 is 0 Å². The van der Waals surface area contributed by atoms with Crippen molar-refractivity contribution in [2.24, 2.45) is 0 Å². The monoisotopic (exact) mass is 491 g/mol. The summed E-state index contributed by atoms with van der Waals surface area (Å²) < 4.78 is 51.5. The van der Waals surface area contributed by atoms with Gasteiger partial charge in [0.2, 0.25) is 11.2 Å². The van der Waals surface area contributed by atoms with Gasteiger partial charge in [0.1, 0.15) is 11.3 Å². The van der Waals surface area contributed by atoms with E-state index in [1.807, 2.05) is 0 Å². The number of carbonyl (C=O) groups is 1. The zero-order valence-electron chi connectivity index (χ0n) is 16.9. The van der Waals surface area contributed by atoms with Crippen molar-refractivity contribution in [2.45, 2.75) is 6.18 Å². The molecule has 0 amide bonds. The molecule has 11 heteroatoms. The van der Waals surface area contributed by atoms with Gasteiger partial charge in [-0.25, -0.2) is 10.0 Å². The van der Waals surface area contributed by atoms with Gasteiger partial charge in [0.05, 0.1) is 16.5 Å². The van der Waals surface area contributed by atoms with Crippen LogP contribution in [0.4, 0.5) is 18.9 Å². The third kappa shape index (κ3) is 4.66.